The Balaban J connectivity index is 2.07. The minimum atomic E-state index is -3.34. The van der Waals surface area contributed by atoms with E-state index in [1.807, 2.05) is 0 Å². The van der Waals surface area contributed by atoms with Gasteiger partial charge >= 0.3 is 5.97 Å². The van der Waals surface area contributed by atoms with Crippen LogP contribution >= 0.6 is 0 Å². The molecule has 2 rings (SSSR count). The van der Waals surface area contributed by atoms with Gasteiger partial charge in [0, 0.05) is 0 Å². The zero-order valence-corrected chi connectivity index (χ0v) is 16.3. The Morgan fingerprint density at radius 1 is 1.23 bits per heavy atom. The second-order valence-corrected chi connectivity index (χ2v) is 10.0. The van der Waals surface area contributed by atoms with E-state index in [0.717, 1.165) is 12.8 Å². The first kappa shape index (κ1) is 20.4. The average molecular weight is 381 g/mol. The van der Waals surface area contributed by atoms with Crippen LogP contribution in [0.3, 0.4) is 0 Å². The molecule has 1 aliphatic carbocycles. The average Bonchev–Trinajstić information content (AvgIpc) is 2.54. The summed E-state index contributed by atoms with van der Waals surface area (Å²) in [5.41, 5.74) is -0.0567. The fourth-order valence-corrected chi connectivity index (χ4v) is 4.56. The molecule has 0 spiro atoms. The van der Waals surface area contributed by atoms with Crippen molar-refractivity contribution < 1.29 is 23.1 Å². The van der Waals surface area contributed by atoms with Gasteiger partial charge in [0.05, 0.1) is 28.0 Å². The molecule has 0 radical (unpaired) electrons. The standard InChI is InChI=1S/C19H27NO5S/c1-13(2)26(24,25)15-9-7-14(8-10-15)12-17(21)20-19(3)11-5-4-6-16(19)18(22)23/h7-10,13,16H,4-6,11-12H2,1-3H3,(H,20,21)(H,22,23). The summed E-state index contributed by atoms with van der Waals surface area (Å²) < 4.78 is 24.3. The van der Waals surface area contributed by atoms with Crippen molar-refractivity contribution in [2.45, 2.75) is 68.6 Å². The summed E-state index contributed by atoms with van der Waals surface area (Å²) in [5, 5.41) is 11.8. The van der Waals surface area contributed by atoms with Crippen LogP contribution in [0.2, 0.25) is 0 Å². The van der Waals surface area contributed by atoms with Gasteiger partial charge in [0.1, 0.15) is 0 Å². The van der Waals surface area contributed by atoms with E-state index in [1.165, 1.54) is 12.1 Å². The summed E-state index contributed by atoms with van der Waals surface area (Å²) in [6.45, 7) is 5.04. The highest BCUT2D eigenvalue weighted by Crippen LogP contribution is 2.34. The van der Waals surface area contributed by atoms with Gasteiger partial charge in [0.25, 0.3) is 0 Å². The van der Waals surface area contributed by atoms with Crippen LogP contribution in [0.5, 0.6) is 0 Å². The Labute approximate surface area is 154 Å². The van der Waals surface area contributed by atoms with Gasteiger partial charge in [0.15, 0.2) is 9.84 Å². The van der Waals surface area contributed by atoms with E-state index < -0.39 is 32.5 Å². The quantitative estimate of drug-likeness (QED) is 0.789. The van der Waals surface area contributed by atoms with Crippen molar-refractivity contribution in [2.75, 3.05) is 0 Å². The molecule has 0 aliphatic heterocycles. The Kier molecular flexibility index (Phi) is 6.11. The summed E-state index contributed by atoms with van der Waals surface area (Å²) in [7, 11) is -3.34. The molecule has 26 heavy (non-hydrogen) atoms. The normalized spacial score (nSPS) is 23.6. The van der Waals surface area contributed by atoms with E-state index in [1.54, 1.807) is 32.9 Å². The molecule has 0 heterocycles. The Bertz CT molecular complexity index is 770. The zero-order valence-electron chi connectivity index (χ0n) is 15.5. The molecule has 1 aromatic rings. The van der Waals surface area contributed by atoms with Crippen LogP contribution in [-0.4, -0.2) is 36.2 Å². The topological polar surface area (TPSA) is 101 Å². The lowest BCUT2D eigenvalue weighted by Crippen LogP contribution is -2.55. The third-order valence-electron chi connectivity index (χ3n) is 5.17. The third kappa shape index (κ3) is 4.44. The number of amides is 1. The molecule has 6 nitrogen and oxygen atoms in total. The molecular formula is C19H27NO5S. The van der Waals surface area contributed by atoms with Gasteiger partial charge in [-0.2, -0.15) is 0 Å². The van der Waals surface area contributed by atoms with Gasteiger partial charge in [-0.05, 0) is 51.3 Å². The van der Waals surface area contributed by atoms with E-state index in [4.69, 9.17) is 0 Å². The number of carboxylic acids is 1. The molecule has 2 N–H and O–H groups in total. The molecule has 0 aromatic heterocycles. The third-order valence-corrected chi connectivity index (χ3v) is 7.34. The van der Waals surface area contributed by atoms with Gasteiger partial charge in [0.2, 0.25) is 5.91 Å². The molecule has 144 valence electrons. The highest BCUT2D eigenvalue weighted by Gasteiger charge is 2.42. The molecule has 1 aromatic carbocycles. The van der Waals surface area contributed by atoms with Crippen LogP contribution in [0.1, 0.15) is 52.0 Å². The summed E-state index contributed by atoms with van der Waals surface area (Å²) in [5.74, 6) is -1.71. The summed E-state index contributed by atoms with van der Waals surface area (Å²) >= 11 is 0. The zero-order chi connectivity index (χ0) is 19.5. The van der Waals surface area contributed by atoms with E-state index in [0.29, 0.717) is 18.4 Å². The molecule has 1 amide bonds. The van der Waals surface area contributed by atoms with Gasteiger partial charge in [-0.1, -0.05) is 25.0 Å². The van der Waals surface area contributed by atoms with Crippen molar-refractivity contribution in [3.63, 3.8) is 0 Å². The Morgan fingerprint density at radius 3 is 2.38 bits per heavy atom. The van der Waals surface area contributed by atoms with Crippen molar-refractivity contribution in [1.29, 1.82) is 0 Å². The minimum absolute atomic E-state index is 0.0872. The van der Waals surface area contributed by atoms with Crippen LogP contribution in [0.15, 0.2) is 29.2 Å². The fraction of sp³-hybridized carbons (Fsp3) is 0.579. The van der Waals surface area contributed by atoms with Gasteiger partial charge in [-0.15, -0.1) is 0 Å². The van der Waals surface area contributed by atoms with Gasteiger partial charge in [-0.25, -0.2) is 8.42 Å². The Morgan fingerprint density at radius 2 is 1.85 bits per heavy atom. The predicted octanol–water partition coefficient (Wildman–Crippen LogP) is 2.56. The summed E-state index contributed by atoms with van der Waals surface area (Å²) in [4.78, 5) is 24.1. The molecule has 2 unspecified atom stereocenters. The van der Waals surface area contributed by atoms with E-state index >= 15 is 0 Å². The second kappa shape index (κ2) is 7.78. The predicted molar refractivity (Wildman–Crippen MR) is 98.6 cm³/mol. The number of carbonyl (C=O) groups excluding carboxylic acids is 1. The molecule has 0 saturated heterocycles. The highest BCUT2D eigenvalue weighted by atomic mass is 32.2. The number of sulfone groups is 1. The van der Waals surface area contributed by atoms with Crippen molar-refractivity contribution in [1.82, 2.24) is 5.32 Å². The lowest BCUT2D eigenvalue weighted by atomic mass is 9.74. The molecule has 1 aliphatic rings. The molecule has 1 saturated carbocycles. The van der Waals surface area contributed by atoms with Crippen molar-refractivity contribution in [3.05, 3.63) is 29.8 Å². The molecule has 1 fully saturated rings. The van der Waals surface area contributed by atoms with E-state index in [-0.39, 0.29) is 17.2 Å². The maximum atomic E-state index is 12.4. The highest BCUT2D eigenvalue weighted by molar-refractivity contribution is 7.92. The first-order valence-electron chi connectivity index (χ1n) is 8.93. The number of carboxylic acid groups (broad SMARTS) is 1. The van der Waals surface area contributed by atoms with Crippen LogP contribution in [0, 0.1) is 5.92 Å². The molecule has 2 atom stereocenters. The number of hydrogen-bond acceptors (Lipinski definition) is 4. The lowest BCUT2D eigenvalue weighted by molar-refractivity contribution is -0.146. The summed E-state index contributed by atoms with van der Waals surface area (Å²) in [6.07, 6.45) is 3.04. The number of carbonyl (C=O) groups is 2. The molecule has 0 bridgehead atoms. The maximum absolute atomic E-state index is 12.4. The number of hydrogen-bond donors (Lipinski definition) is 2. The SMILES string of the molecule is CC(C)S(=O)(=O)c1ccc(CC(=O)NC2(C)CCCCC2C(=O)O)cc1. The largest absolute Gasteiger partial charge is 0.481 e. The van der Waals surface area contributed by atoms with Crippen LogP contribution in [0.25, 0.3) is 0 Å². The van der Waals surface area contributed by atoms with Crippen LogP contribution in [0.4, 0.5) is 0 Å². The smallest absolute Gasteiger partial charge is 0.308 e. The molecular weight excluding hydrogens is 354 g/mol. The van der Waals surface area contributed by atoms with Crippen LogP contribution < -0.4 is 5.32 Å². The van der Waals surface area contributed by atoms with E-state index in [9.17, 15) is 23.1 Å². The number of nitrogens with one attached hydrogen (secondary N) is 1. The lowest BCUT2D eigenvalue weighted by Gasteiger charge is -2.39. The van der Waals surface area contributed by atoms with E-state index in [2.05, 4.69) is 5.32 Å². The van der Waals surface area contributed by atoms with Crippen molar-refractivity contribution in [2.24, 2.45) is 5.92 Å². The first-order chi connectivity index (χ1) is 12.1. The minimum Gasteiger partial charge on any atom is -0.481 e. The number of aliphatic carboxylic acids is 1. The number of benzene rings is 1. The fourth-order valence-electron chi connectivity index (χ4n) is 3.50. The van der Waals surface area contributed by atoms with Crippen LogP contribution in [-0.2, 0) is 25.8 Å². The first-order valence-corrected chi connectivity index (χ1v) is 10.5. The number of rotatable bonds is 6. The Hall–Kier alpha value is -1.89. The summed E-state index contributed by atoms with van der Waals surface area (Å²) in [6, 6.07) is 6.29. The second-order valence-electron chi connectivity index (χ2n) is 7.52. The van der Waals surface area contributed by atoms with Gasteiger partial charge in [-0.3, -0.25) is 9.59 Å². The maximum Gasteiger partial charge on any atom is 0.308 e. The molecule has 7 heteroatoms. The monoisotopic (exact) mass is 381 g/mol. The van der Waals surface area contributed by atoms with Gasteiger partial charge < -0.3 is 10.4 Å². The van der Waals surface area contributed by atoms with Crippen molar-refractivity contribution in [3.8, 4) is 0 Å². The van der Waals surface area contributed by atoms with Crippen molar-refractivity contribution >= 4 is 21.7 Å².